The van der Waals surface area contributed by atoms with Crippen molar-refractivity contribution in [2.24, 2.45) is 0 Å². The predicted octanol–water partition coefficient (Wildman–Crippen LogP) is 2.72. The molecular weight excluding hydrogens is 305 g/mol. The van der Waals surface area contributed by atoms with Gasteiger partial charge in [-0.05, 0) is 18.2 Å². The van der Waals surface area contributed by atoms with Crippen LogP contribution in [0.5, 0.6) is 11.5 Å². The Labute approximate surface area is 125 Å². The number of halogens is 3. The monoisotopic (exact) mass is 322 g/mol. The number of ether oxygens (including phenoxy) is 4. The van der Waals surface area contributed by atoms with Gasteiger partial charge in [0.25, 0.3) is 0 Å². The number of carbonyl (C=O) groups excluding carboxylic acids is 1. The number of alkyl halides is 3. The molecule has 0 amide bonds. The lowest BCUT2D eigenvalue weighted by atomic mass is 10.2. The molecule has 0 bridgehead atoms. The molecule has 0 aliphatic heterocycles. The Morgan fingerprint density at radius 1 is 1.18 bits per heavy atom. The van der Waals surface area contributed by atoms with Gasteiger partial charge in [0.15, 0.2) is 0 Å². The Kier molecular flexibility index (Phi) is 6.97. The summed E-state index contributed by atoms with van der Waals surface area (Å²) in [6, 6.07) is 5.00. The van der Waals surface area contributed by atoms with Crippen molar-refractivity contribution in [3.8, 4) is 11.5 Å². The summed E-state index contributed by atoms with van der Waals surface area (Å²) in [6.07, 6.45) is -4.67. The molecule has 0 aliphatic rings. The molecule has 0 atom stereocenters. The fourth-order valence-corrected chi connectivity index (χ4v) is 1.57. The third kappa shape index (κ3) is 6.66. The first-order valence-electron chi connectivity index (χ1n) is 6.36. The second kappa shape index (κ2) is 8.47. The zero-order valence-corrected chi connectivity index (χ0v) is 12.2. The summed E-state index contributed by atoms with van der Waals surface area (Å²) in [6.45, 7) is -1.81. The highest BCUT2D eigenvalue weighted by atomic mass is 19.4. The molecule has 0 radical (unpaired) electrons. The van der Waals surface area contributed by atoms with E-state index in [1.165, 1.54) is 14.2 Å². The molecule has 8 heteroatoms. The number of methoxy groups -OCH3 is 2. The first-order chi connectivity index (χ1) is 10.4. The summed E-state index contributed by atoms with van der Waals surface area (Å²) in [4.78, 5) is 11.4. The first-order valence-corrected chi connectivity index (χ1v) is 6.36. The third-order valence-electron chi connectivity index (χ3n) is 2.59. The number of carbonyl (C=O) groups is 1. The Bertz CT molecular complexity index is 488. The molecule has 0 fully saturated rings. The SMILES string of the molecule is COc1ccc(OC)c(COC(=O)CCOCC(F)(F)F)c1. The van der Waals surface area contributed by atoms with Crippen LogP contribution in [0.25, 0.3) is 0 Å². The van der Waals surface area contributed by atoms with Gasteiger partial charge in [-0.25, -0.2) is 0 Å². The summed E-state index contributed by atoms with van der Waals surface area (Å²) in [5.41, 5.74) is 0.589. The van der Waals surface area contributed by atoms with Gasteiger partial charge >= 0.3 is 12.1 Å². The summed E-state index contributed by atoms with van der Waals surface area (Å²) < 4.78 is 55.0. The van der Waals surface area contributed by atoms with Gasteiger partial charge in [0.05, 0.1) is 27.2 Å². The topological polar surface area (TPSA) is 54.0 Å². The normalized spacial score (nSPS) is 11.1. The molecule has 0 spiro atoms. The Morgan fingerprint density at radius 3 is 2.50 bits per heavy atom. The lowest BCUT2D eigenvalue weighted by Gasteiger charge is -2.11. The van der Waals surface area contributed by atoms with Crippen molar-refractivity contribution in [2.75, 3.05) is 27.4 Å². The van der Waals surface area contributed by atoms with Crippen LogP contribution < -0.4 is 9.47 Å². The summed E-state index contributed by atoms with van der Waals surface area (Å²) in [5.74, 6) is 0.425. The minimum atomic E-state index is -4.40. The molecule has 0 aromatic heterocycles. The molecular formula is C14H17F3O5. The smallest absolute Gasteiger partial charge is 0.411 e. The number of benzene rings is 1. The van der Waals surface area contributed by atoms with Crippen LogP contribution >= 0.6 is 0 Å². The third-order valence-corrected chi connectivity index (χ3v) is 2.59. The molecule has 0 heterocycles. The molecule has 0 saturated heterocycles. The molecule has 124 valence electrons. The van der Waals surface area contributed by atoms with E-state index in [-0.39, 0.29) is 19.6 Å². The fraction of sp³-hybridized carbons (Fsp3) is 0.500. The Hall–Kier alpha value is -1.96. The van der Waals surface area contributed by atoms with E-state index in [9.17, 15) is 18.0 Å². The van der Waals surface area contributed by atoms with Crippen LogP contribution in [0.15, 0.2) is 18.2 Å². The standard InChI is InChI=1S/C14H17F3O5/c1-19-11-3-4-12(20-2)10(7-11)8-22-13(18)5-6-21-9-14(15,16)17/h3-4,7H,5-6,8-9H2,1-2H3. The van der Waals surface area contributed by atoms with Crippen LogP contribution in [-0.4, -0.2) is 39.6 Å². The van der Waals surface area contributed by atoms with E-state index in [0.29, 0.717) is 17.1 Å². The van der Waals surface area contributed by atoms with Crippen LogP contribution in [0.4, 0.5) is 13.2 Å². The van der Waals surface area contributed by atoms with Gasteiger partial charge in [-0.15, -0.1) is 0 Å². The minimum absolute atomic E-state index is 0.0710. The number of rotatable bonds is 8. The van der Waals surface area contributed by atoms with Crippen molar-refractivity contribution < 1.29 is 36.9 Å². The largest absolute Gasteiger partial charge is 0.497 e. The highest BCUT2D eigenvalue weighted by Gasteiger charge is 2.27. The van der Waals surface area contributed by atoms with Crippen molar-refractivity contribution in [2.45, 2.75) is 19.2 Å². The average Bonchev–Trinajstić information content (AvgIpc) is 2.48. The number of hydrogen-bond donors (Lipinski definition) is 0. The van der Waals surface area contributed by atoms with E-state index in [2.05, 4.69) is 4.74 Å². The van der Waals surface area contributed by atoms with Crippen LogP contribution in [0.2, 0.25) is 0 Å². The van der Waals surface area contributed by atoms with E-state index in [1.54, 1.807) is 18.2 Å². The van der Waals surface area contributed by atoms with Crippen molar-refractivity contribution in [3.05, 3.63) is 23.8 Å². The molecule has 5 nitrogen and oxygen atoms in total. The summed E-state index contributed by atoms with van der Waals surface area (Å²) in [7, 11) is 2.97. The maximum absolute atomic E-state index is 11.8. The van der Waals surface area contributed by atoms with Crippen LogP contribution in [-0.2, 0) is 20.9 Å². The molecule has 1 aromatic carbocycles. The van der Waals surface area contributed by atoms with Crippen molar-refractivity contribution in [1.29, 1.82) is 0 Å². The van der Waals surface area contributed by atoms with E-state index in [1.807, 2.05) is 0 Å². The van der Waals surface area contributed by atoms with Gasteiger partial charge in [0, 0.05) is 5.56 Å². The molecule has 0 aliphatic carbocycles. The van der Waals surface area contributed by atoms with Gasteiger partial charge in [-0.1, -0.05) is 0 Å². The number of hydrogen-bond acceptors (Lipinski definition) is 5. The Morgan fingerprint density at radius 2 is 1.91 bits per heavy atom. The van der Waals surface area contributed by atoms with E-state index in [0.717, 1.165) is 0 Å². The van der Waals surface area contributed by atoms with E-state index in [4.69, 9.17) is 14.2 Å². The lowest BCUT2D eigenvalue weighted by Crippen LogP contribution is -2.18. The molecule has 1 rings (SSSR count). The lowest BCUT2D eigenvalue weighted by molar-refractivity contribution is -0.176. The molecule has 22 heavy (non-hydrogen) atoms. The fourth-order valence-electron chi connectivity index (χ4n) is 1.57. The molecule has 0 unspecified atom stereocenters. The van der Waals surface area contributed by atoms with Crippen LogP contribution in [0.1, 0.15) is 12.0 Å². The van der Waals surface area contributed by atoms with Crippen molar-refractivity contribution in [1.82, 2.24) is 0 Å². The van der Waals surface area contributed by atoms with Gasteiger partial charge in [0.2, 0.25) is 0 Å². The molecule has 1 aromatic rings. The highest BCUT2D eigenvalue weighted by molar-refractivity contribution is 5.69. The van der Waals surface area contributed by atoms with Crippen molar-refractivity contribution in [3.63, 3.8) is 0 Å². The van der Waals surface area contributed by atoms with Crippen molar-refractivity contribution >= 4 is 5.97 Å². The second-order valence-corrected chi connectivity index (χ2v) is 4.26. The van der Waals surface area contributed by atoms with E-state index < -0.39 is 18.8 Å². The maximum Gasteiger partial charge on any atom is 0.411 e. The number of esters is 1. The maximum atomic E-state index is 11.8. The van der Waals surface area contributed by atoms with Gasteiger partial charge in [-0.3, -0.25) is 4.79 Å². The molecule has 0 saturated carbocycles. The van der Waals surface area contributed by atoms with Gasteiger partial charge in [-0.2, -0.15) is 13.2 Å². The van der Waals surface area contributed by atoms with Crippen LogP contribution in [0, 0.1) is 0 Å². The highest BCUT2D eigenvalue weighted by Crippen LogP contribution is 2.24. The minimum Gasteiger partial charge on any atom is -0.497 e. The summed E-state index contributed by atoms with van der Waals surface area (Å²) >= 11 is 0. The van der Waals surface area contributed by atoms with Gasteiger partial charge in [0.1, 0.15) is 24.7 Å². The zero-order chi connectivity index (χ0) is 16.6. The average molecular weight is 322 g/mol. The first kappa shape index (κ1) is 18.1. The zero-order valence-electron chi connectivity index (χ0n) is 12.2. The van der Waals surface area contributed by atoms with Gasteiger partial charge < -0.3 is 18.9 Å². The Balaban J connectivity index is 2.40. The predicted molar refractivity (Wildman–Crippen MR) is 70.8 cm³/mol. The summed E-state index contributed by atoms with van der Waals surface area (Å²) in [5, 5.41) is 0. The molecule has 0 N–H and O–H groups in total. The quantitative estimate of drug-likeness (QED) is 0.544. The van der Waals surface area contributed by atoms with E-state index >= 15 is 0 Å². The van der Waals surface area contributed by atoms with Crippen LogP contribution in [0.3, 0.4) is 0 Å². The second-order valence-electron chi connectivity index (χ2n) is 4.26.